The first kappa shape index (κ1) is 17.1. The van der Waals surface area contributed by atoms with Crippen LogP contribution in [0.25, 0.3) is 0 Å². The first-order valence-corrected chi connectivity index (χ1v) is 8.80. The lowest BCUT2D eigenvalue weighted by atomic mass is 9.73. The lowest BCUT2D eigenvalue weighted by Gasteiger charge is -2.29. The van der Waals surface area contributed by atoms with E-state index in [1.165, 1.54) is 0 Å². The Bertz CT molecular complexity index is 787. The van der Waals surface area contributed by atoms with Crippen LogP contribution in [0.1, 0.15) is 59.5 Å². The summed E-state index contributed by atoms with van der Waals surface area (Å²) in [5, 5.41) is 8.99. The summed E-state index contributed by atoms with van der Waals surface area (Å²) in [5.74, 6) is 0.109. The van der Waals surface area contributed by atoms with Crippen molar-refractivity contribution in [1.29, 1.82) is 5.26 Å². The van der Waals surface area contributed by atoms with Gasteiger partial charge in [-0.25, -0.2) is 0 Å². The number of carbonyl (C=O) groups is 2. The molecule has 0 bridgehead atoms. The fraction of sp³-hybridized carbons (Fsp3) is 0.318. The van der Waals surface area contributed by atoms with Crippen LogP contribution in [0.3, 0.4) is 0 Å². The molecule has 2 aromatic rings. The molecular weight excluding hydrogens is 310 g/mol. The highest BCUT2D eigenvalue weighted by Gasteiger charge is 2.32. The third kappa shape index (κ3) is 4.03. The summed E-state index contributed by atoms with van der Waals surface area (Å²) in [6, 6.07) is 18.7. The number of hydrogen-bond donors (Lipinski definition) is 0. The van der Waals surface area contributed by atoms with Crippen molar-refractivity contribution in [2.45, 2.75) is 38.0 Å². The molecule has 1 aliphatic rings. The summed E-state index contributed by atoms with van der Waals surface area (Å²) in [6.07, 6.45) is 3.75. The van der Waals surface area contributed by atoms with Crippen molar-refractivity contribution in [1.82, 2.24) is 0 Å². The Balaban J connectivity index is 1.89. The number of ketones is 2. The van der Waals surface area contributed by atoms with Crippen molar-refractivity contribution in [3.05, 3.63) is 71.3 Å². The fourth-order valence-electron chi connectivity index (χ4n) is 3.67. The van der Waals surface area contributed by atoms with E-state index in [0.29, 0.717) is 24.0 Å². The van der Waals surface area contributed by atoms with Gasteiger partial charge >= 0.3 is 0 Å². The normalized spacial score (nSPS) is 18.4. The molecule has 3 rings (SSSR count). The molecular formula is C22H21NO2. The fourth-order valence-corrected chi connectivity index (χ4v) is 3.67. The predicted octanol–water partition coefficient (Wildman–Crippen LogP) is 4.67. The summed E-state index contributed by atoms with van der Waals surface area (Å²) >= 11 is 0. The molecule has 0 heterocycles. The number of hydrogen-bond acceptors (Lipinski definition) is 3. The highest BCUT2D eigenvalue weighted by Crippen LogP contribution is 2.37. The second-order valence-corrected chi connectivity index (χ2v) is 6.65. The standard InChI is InChI=1S/C22H21NO2/c23-15-16-10-12-17(13-11-16)20(19-8-4-5-9-21(19)24)14-22(25)18-6-2-1-3-7-18/h1-3,6-7,10-13,19-20H,4-5,8-9,14H2. The number of Topliss-reactive ketones (excluding diaryl/α,β-unsaturated/α-hetero) is 2. The number of rotatable bonds is 5. The van der Waals surface area contributed by atoms with Crippen LogP contribution in [0.15, 0.2) is 54.6 Å². The van der Waals surface area contributed by atoms with Crippen molar-refractivity contribution in [3.63, 3.8) is 0 Å². The van der Waals surface area contributed by atoms with Gasteiger partial charge in [-0.2, -0.15) is 5.26 Å². The van der Waals surface area contributed by atoms with E-state index >= 15 is 0 Å². The highest BCUT2D eigenvalue weighted by atomic mass is 16.1. The topological polar surface area (TPSA) is 57.9 Å². The second kappa shape index (κ2) is 7.90. The van der Waals surface area contributed by atoms with Crippen LogP contribution in [0, 0.1) is 17.2 Å². The Morgan fingerprint density at radius 2 is 1.80 bits per heavy atom. The van der Waals surface area contributed by atoms with Crippen LogP contribution in [-0.2, 0) is 4.79 Å². The number of nitriles is 1. The first-order chi connectivity index (χ1) is 12.2. The molecule has 0 aliphatic heterocycles. The lowest BCUT2D eigenvalue weighted by Crippen LogP contribution is -2.27. The van der Waals surface area contributed by atoms with E-state index in [9.17, 15) is 9.59 Å². The van der Waals surface area contributed by atoms with Crippen LogP contribution in [0.5, 0.6) is 0 Å². The van der Waals surface area contributed by atoms with Crippen molar-refractivity contribution >= 4 is 11.6 Å². The van der Waals surface area contributed by atoms with Crippen molar-refractivity contribution < 1.29 is 9.59 Å². The van der Waals surface area contributed by atoms with E-state index in [1.807, 2.05) is 42.5 Å². The van der Waals surface area contributed by atoms with Gasteiger partial charge in [-0.15, -0.1) is 0 Å². The van der Waals surface area contributed by atoms with Gasteiger partial charge in [0.15, 0.2) is 5.78 Å². The Labute approximate surface area is 148 Å². The summed E-state index contributed by atoms with van der Waals surface area (Å²) in [6.45, 7) is 0. The lowest BCUT2D eigenvalue weighted by molar-refractivity contribution is -0.125. The molecule has 0 saturated heterocycles. The summed E-state index contributed by atoms with van der Waals surface area (Å²) < 4.78 is 0. The molecule has 1 aliphatic carbocycles. The molecule has 2 unspecified atom stereocenters. The van der Waals surface area contributed by atoms with Crippen LogP contribution < -0.4 is 0 Å². The monoisotopic (exact) mass is 331 g/mol. The maximum absolute atomic E-state index is 12.7. The minimum absolute atomic E-state index is 0.0633. The molecule has 0 aromatic heterocycles. The molecule has 1 saturated carbocycles. The molecule has 3 nitrogen and oxygen atoms in total. The maximum Gasteiger partial charge on any atom is 0.163 e. The number of carbonyl (C=O) groups excluding carboxylic acids is 2. The predicted molar refractivity (Wildman–Crippen MR) is 96.3 cm³/mol. The van der Waals surface area contributed by atoms with E-state index in [2.05, 4.69) is 6.07 Å². The largest absolute Gasteiger partial charge is 0.299 e. The molecule has 2 atom stereocenters. The van der Waals surface area contributed by atoms with E-state index in [1.54, 1.807) is 12.1 Å². The SMILES string of the molecule is N#Cc1ccc(C(CC(=O)c2ccccc2)C2CCCCC2=O)cc1. The van der Waals surface area contributed by atoms with E-state index in [4.69, 9.17) is 5.26 Å². The van der Waals surface area contributed by atoms with Gasteiger partial charge in [0.25, 0.3) is 0 Å². The molecule has 2 aromatic carbocycles. The quantitative estimate of drug-likeness (QED) is 0.748. The van der Waals surface area contributed by atoms with Crippen molar-refractivity contribution in [3.8, 4) is 6.07 Å². The minimum atomic E-state index is -0.117. The highest BCUT2D eigenvalue weighted by molar-refractivity contribution is 5.97. The maximum atomic E-state index is 12.7. The molecule has 0 amide bonds. The van der Waals surface area contributed by atoms with Gasteiger partial charge in [0, 0.05) is 30.2 Å². The Kier molecular flexibility index (Phi) is 5.40. The second-order valence-electron chi connectivity index (χ2n) is 6.65. The van der Waals surface area contributed by atoms with Gasteiger partial charge in [-0.3, -0.25) is 9.59 Å². The van der Waals surface area contributed by atoms with E-state index in [-0.39, 0.29) is 23.4 Å². The van der Waals surface area contributed by atoms with Gasteiger partial charge in [0.2, 0.25) is 0 Å². The zero-order valence-corrected chi connectivity index (χ0v) is 14.2. The third-order valence-corrected chi connectivity index (χ3v) is 5.06. The Morgan fingerprint density at radius 1 is 1.08 bits per heavy atom. The summed E-state index contributed by atoms with van der Waals surface area (Å²) in [7, 11) is 0. The van der Waals surface area contributed by atoms with Crippen molar-refractivity contribution in [2.75, 3.05) is 0 Å². The molecule has 1 fully saturated rings. The minimum Gasteiger partial charge on any atom is -0.299 e. The average molecular weight is 331 g/mol. The van der Waals surface area contributed by atoms with Gasteiger partial charge in [-0.1, -0.05) is 48.9 Å². The van der Waals surface area contributed by atoms with E-state index < -0.39 is 0 Å². The first-order valence-electron chi connectivity index (χ1n) is 8.80. The molecule has 3 heteroatoms. The van der Waals surface area contributed by atoms with Crippen LogP contribution in [0.4, 0.5) is 0 Å². The van der Waals surface area contributed by atoms with Gasteiger partial charge < -0.3 is 0 Å². The molecule has 0 spiro atoms. The molecule has 126 valence electrons. The van der Waals surface area contributed by atoms with Crippen molar-refractivity contribution in [2.24, 2.45) is 5.92 Å². The summed E-state index contributed by atoms with van der Waals surface area (Å²) in [4.78, 5) is 25.2. The van der Waals surface area contributed by atoms with Crippen LogP contribution in [0.2, 0.25) is 0 Å². The Morgan fingerprint density at radius 3 is 2.44 bits per heavy atom. The van der Waals surface area contributed by atoms with Gasteiger partial charge in [0.1, 0.15) is 5.78 Å². The number of benzene rings is 2. The average Bonchev–Trinajstić information content (AvgIpc) is 2.67. The number of nitrogens with zero attached hydrogens (tertiary/aromatic N) is 1. The molecule has 0 N–H and O–H groups in total. The smallest absolute Gasteiger partial charge is 0.163 e. The summed E-state index contributed by atoms with van der Waals surface area (Å²) in [5.41, 5.74) is 2.25. The Hall–Kier alpha value is -2.73. The third-order valence-electron chi connectivity index (χ3n) is 5.06. The van der Waals surface area contributed by atoms with Gasteiger partial charge in [0.05, 0.1) is 11.6 Å². The molecule has 0 radical (unpaired) electrons. The zero-order chi connectivity index (χ0) is 17.6. The zero-order valence-electron chi connectivity index (χ0n) is 14.2. The van der Waals surface area contributed by atoms with Crippen LogP contribution >= 0.6 is 0 Å². The molecule has 25 heavy (non-hydrogen) atoms. The van der Waals surface area contributed by atoms with Gasteiger partial charge in [-0.05, 0) is 30.5 Å². The van der Waals surface area contributed by atoms with E-state index in [0.717, 1.165) is 24.8 Å². The van der Waals surface area contributed by atoms with Crippen LogP contribution in [-0.4, -0.2) is 11.6 Å².